The second-order valence-electron chi connectivity index (χ2n) is 6.69. The lowest BCUT2D eigenvalue weighted by Crippen LogP contribution is -2.45. The molecule has 3 heterocycles. The lowest BCUT2D eigenvalue weighted by molar-refractivity contribution is 0.0889. The van der Waals surface area contributed by atoms with E-state index in [0.717, 1.165) is 17.3 Å². The molecule has 4 rings (SSSR count). The summed E-state index contributed by atoms with van der Waals surface area (Å²) in [6, 6.07) is 11.4. The predicted octanol–water partition coefficient (Wildman–Crippen LogP) is 3.16. The molecule has 1 aromatic heterocycles. The number of fused-ring (bicyclic) bond motifs is 3. The van der Waals surface area contributed by atoms with Crippen LogP contribution in [0.4, 0.5) is 0 Å². The molecule has 0 aliphatic carbocycles. The number of nitrogens with zero attached hydrogens (tertiary/aromatic N) is 1. The fraction of sp³-hybridized carbons (Fsp3) is 0.444. The van der Waals surface area contributed by atoms with Gasteiger partial charge >= 0.3 is 0 Å². The van der Waals surface area contributed by atoms with Gasteiger partial charge in [0.1, 0.15) is 5.69 Å². The van der Waals surface area contributed by atoms with Crippen LogP contribution in [-0.4, -0.2) is 29.7 Å². The summed E-state index contributed by atoms with van der Waals surface area (Å²) < 4.78 is 24.7. The van der Waals surface area contributed by atoms with Gasteiger partial charge in [-0.3, -0.25) is 4.79 Å². The van der Waals surface area contributed by atoms with E-state index in [1.165, 1.54) is 0 Å². The van der Waals surface area contributed by atoms with Crippen molar-refractivity contribution in [2.75, 3.05) is 0 Å². The van der Waals surface area contributed by atoms with Gasteiger partial charge in [-0.2, -0.15) is 0 Å². The number of hydrogen-bond donors (Lipinski definition) is 0. The number of pyridine rings is 1. The van der Waals surface area contributed by atoms with Crippen LogP contribution in [0.25, 0.3) is 10.9 Å². The van der Waals surface area contributed by atoms with Crippen molar-refractivity contribution >= 4 is 26.5 Å². The molecule has 0 amide bonds. The Morgan fingerprint density at radius 2 is 1.70 bits per heavy atom. The molecule has 2 fully saturated rings. The van der Waals surface area contributed by atoms with Crippen LogP contribution < -0.4 is 0 Å². The van der Waals surface area contributed by atoms with Crippen molar-refractivity contribution in [2.24, 2.45) is 5.92 Å². The number of sulfone groups is 1. The predicted molar refractivity (Wildman–Crippen MR) is 89.1 cm³/mol. The Balaban J connectivity index is 1.64. The maximum atomic E-state index is 12.8. The van der Waals surface area contributed by atoms with Crippen LogP contribution in [0.5, 0.6) is 0 Å². The summed E-state index contributed by atoms with van der Waals surface area (Å²) in [7, 11) is -3.02. The number of Topliss-reactive ketones (excluding diaryl/α,β-unsaturated/α-hetero) is 1. The highest BCUT2D eigenvalue weighted by atomic mass is 32.2. The van der Waals surface area contributed by atoms with E-state index in [-0.39, 0.29) is 22.2 Å². The van der Waals surface area contributed by atoms with Crippen LogP contribution >= 0.6 is 0 Å². The summed E-state index contributed by atoms with van der Waals surface area (Å²) in [5.41, 5.74) is 1.27. The molecule has 2 aliphatic rings. The Hall–Kier alpha value is -1.75. The van der Waals surface area contributed by atoms with Crippen LogP contribution in [0.1, 0.15) is 42.6 Å². The summed E-state index contributed by atoms with van der Waals surface area (Å²) >= 11 is 0. The van der Waals surface area contributed by atoms with Crippen molar-refractivity contribution in [1.82, 2.24) is 4.98 Å². The maximum absolute atomic E-state index is 12.8. The van der Waals surface area contributed by atoms with Crippen LogP contribution in [-0.2, 0) is 9.84 Å². The zero-order valence-electron chi connectivity index (χ0n) is 12.8. The van der Waals surface area contributed by atoms with Crippen LogP contribution in [0, 0.1) is 5.92 Å². The lowest BCUT2D eigenvalue weighted by atomic mass is 9.85. The van der Waals surface area contributed by atoms with Crippen molar-refractivity contribution in [3.63, 3.8) is 0 Å². The first-order valence-electron chi connectivity index (χ1n) is 8.18. The summed E-state index contributed by atoms with van der Waals surface area (Å²) in [5.74, 6) is -0.204. The van der Waals surface area contributed by atoms with Crippen LogP contribution in [0.2, 0.25) is 0 Å². The Morgan fingerprint density at radius 1 is 1.00 bits per heavy atom. The smallest absolute Gasteiger partial charge is 0.184 e. The van der Waals surface area contributed by atoms with E-state index in [4.69, 9.17) is 0 Å². The average molecular weight is 329 g/mol. The first-order chi connectivity index (χ1) is 11.1. The summed E-state index contributed by atoms with van der Waals surface area (Å²) in [6.45, 7) is 0. The van der Waals surface area contributed by atoms with E-state index >= 15 is 0 Å². The molecule has 120 valence electrons. The van der Waals surface area contributed by atoms with Gasteiger partial charge in [0.05, 0.1) is 16.0 Å². The molecule has 0 saturated carbocycles. The largest absolute Gasteiger partial charge is 0.292 e. The molecule has 2 bridgehead atoms. The Morgan fingerprint density at radius 3 is 2.43 bits per heavy atom. The van der Waals surface area contributed by atoms with Crippen molar-refractivity contribution in [3.05, 3.63) is 42.1 Å². The average Bonchev–Trinajstić information content (AvgIpc) is 2.53. The minimum absolute atomic E-state index is 0.00236. The second-order valence-corrected chi connectivity index (χ2v) is 9.20. The Bertz CT molecular complexity index is 855. The third-order valence-electron chi connectivity index (χ3n) is 5.30. The number of carbonyl (C=O) groups is 1. The molecular formula is C18H19NO3S. The quantitative estimate of drug-likeness (QED) is 0.794. The third-order valence-corrected chi connectivity index (χ3v) is 8.01. The highest BCUT2D eigenvalue weighted by Gasteiger charge is 2.46. The van der Waals surface area contributed by atoms with Crippen molar-refractivity contribution < 1.29 is 13.2 Å². The molecule has 2 saturated heterocycles. The molecule has 2 aromatic rings. The topological polar surface area (TPSA) is 64.1 Å². The molecule has 2 unspecified atom stereocenters. The monoisotopic (exact) mass is 329 g/mol. The molecular weight excluding hydrogens is 310 g/mol. The zero-order chi connectivity index (χ0) is 16.0. The van der Waals surface area contributed by atoms with Gasteiger partial charge in [-0.05, 0) is 37.8 Å². The van der Waals surface area contributed by atoms with Gasteiger partial charge in [-0.25, -0.2) is 13.4 Å². The fourth-order valence-electron chi connectivity index (χ4n) is 4.04. The minimum Gasteiger partial charge on any atom is -0.292 e. The summed E-state index contributed by atoms with van der Waals surface area (Å²) in [5, 5.41) is 0.348. The van der Waals surface area contributed by atoms with Gasteiger partial charge < -0.3 is 0 Å². The lowest BCUT2D eigenvalue weighted by Gasteiger charge is -2.37. The zero-order valence-corrected chi connectivity index (χ0v) is 13.6. The van der Waals surface area contributed by atoms with E-state index in [0.29, 0.717) is 31.4 Å². The van der Waals surface area contributed by atoms with E-state index in [1.54, 1.807) is 6.07 Å². The van der Waals surface area contributed by atoms with E-state index in [9.17, 15) is 13.2 Å². The normalized spacial score (nSPS) is 29.3. The minimum atomic E-state index is -3.02. The Kier molecular flexibility index (Phi) is 3.48. The molecule has 23 heavy (non-hydrogen) atoms. The maximum Gasteiger partial charge on any atom is 0.184 e. The van der Waals surface area contributed by atoms with Crippen molar-refractivity contribution in [2.45, 2.75) is 42.6 Å². The highest BCUT2D eigenvalue weighted by Crippen LogP contribution is 2.40. The van der Waals surface area contributed by atoms with Gasteiger partial charge in [-0.15, -0.1) is 0 Å². The number of ketones is 1. The molecule has 2 aliphatic heterocycles. The molecule has 0 radical (unpaired) electrons. The number of hydrogen-bond acceptors (Lipinski definition) is 4. The standard InChI is InChI=1S/C18H19NO3S/c20-18(17-9-8-12-4-1-2-7-16(12)19-17)13-10-14-5-3-6-15(11-13)23(14,21)22/h1-2,4,7-9,13-15H,3,5-6,10-11H2. The molecule has 5 heteroatoms. The molecule has 2 atom stereocenters. The SMILES string of the molecule is O=C(c1ccc2ccccc2n1)C1CC2CCCC(C1)S2(=O)=O. The van der Waals surface area contributed by atoms with E-state index in [1.807, 2.05) is 30.3 Å². The number of carbonyl (C=O) groups excluding carboxylic acids is 1. The first kappa shape index (κ1) is 14.8. The van der Waals surface area contributed by atoms with Gasteiger partial charge in [-0.1, -0.05) is 30.7 Å². The van der Waals surface area contributed by atoms with E-state index < -0.39 is 9.84 Å². The Labute approximate surface area is 135 Å². The van der Waals surface area contributed by atoms with Gasteiger partial charge in [0.15, 0.2) is 15.6 Å². The summed E-state index contributed by atoms with van der Waals surface area (Å²) in [4.78, 5) is 17.3. The van der Waals surface area contributed by atoms with Gasteiger partial charge in [0.2, 0.25) is 0 Å². The number of para-hydroxylation sites is 1. The third kappa shape index (κ3) is 2.47. The van der Waals surface area contributed by atoms with Crippen molar-refractivity contribution in [3.8, 4) is 0 Å². The molecule has 0 N–H and O–H groups in total. The molecule has 0 spiro atoms. The molecule has 4 nitrogen and oxygen atoms in total. The van der Waals surface area contributed by atoms with Gasteiger partial charge in [0, 0.05) is 11.3 Å². The van der Waals surface area contributed by atoms with Gasteiger partial charge in [0.25, 0.3) is 0 Å². The highest BCUT2D eigenvalue weighted by molar-refractivity contribution is 7.92. The van der Waals surface area contributed by atoms with Crippen LogP contribution in [0.15, 0.2) is 36.4 Å². The van der Waals surface area contributed by atoms with Crippen molar-refractivity contribution in [1.29, 1.82) is 0 Å². The number of aromatic nitrogens is 1. The fourth-order valence-corrected chi connectivity index (χ4v) is 6.57. The van der Waals surface area contributed by atoms with E-state index in [2.05, 4.69) is 4.98 Å². The second kappa shape index (κ2) is 5.41. The number of benzene rings is 1. The number of rotatable bonds is 2. The first-order valence-corrected chi connectivity index (χ1v) is 9.79. The summed E-state index contributed by atoms with van der Waals surface area (Å²) in [6.07, 6.45) is 3.30. The molecule has 1 aromatic carbocycles. The van der Waals surface area contributed by atoms with Crippen LogP contribution in [0.3, 0.4) is 0 Å².